The summed E-state index contributed by atoms with van der Waals surface area (Å²) >= 11 is 0. The predicted molar refractivity (Wildman–Crippen MR) is 83.2 cm³/mol. The highest BCUT2D eigenvalue weighted by atomic mass is 35.5. The number of halogens is 1. The monoisotopic (exact) mass is 301 g/mol. The van der Waals surface area contributed by atoms with Gasteiger partial charge in [-0.05, 0) is 51.1 Å². The van der Waals surface area contributed by atoms with E-state index in [9.17, 15) is 4.79 Å². The lowest BCUT2D eigenvalue weighted by molar-refractivity contribution is -0.125. The molecule has 2 N–H and O–H groups in total. The van der Waals surface area contributed by atoms with Crippen molar-refractivity contribution in [2.24, 2.45) is 5.92 Å². The van der Waals surface area contributed by atoms with Crippen molar-refractivity contribution in [1.82, 2.24) is 15.5 Å². The van der Waals surface area contributed by atoms with Crippen LogP contribution in [0.4, 0.5) is 0 Å². The Labute approximate surface area is 128 Å². The average Bonchev–Trinajstić information content (AvgIpc) is 2.82. The van der Waals surface area contributed by atoms with E-state index >= 15 is 0 Å². The first-order valence-corrected chi connectivity index (χ1v) is 8.02. The number of nitrogens with zero attached hydrogens (tertiary/aromatic N) is 1. The molecule has 4 unspecified atom stereocenters. The van der Waals surface area contributed by atoms with Crippen molar-refractivity contribution in [3.05, 3.63) is 0 Å². The summed E-state index contributed by atoms with van der Waals surface area (Å²) in [7, 11) is 0. The Hall–Kier alpha value is -0.320. The first kappa shape index (κ1) is 16.1. The zero-order valence-electron chi connectivity index (χ0n) is 12.4. The van der Waals surface area contributed by atoms with Crippen LogP contribution in [0.25, 0.3) is 0 Å². The van der Waals surface area contributed by atoms with E-state index < -0.39 is 0 Å². The molecule has 20 heavy (non-hydrogen) atoms. The van der Waals surface area contributed by atoms with Gasteiger partial charge in [-0.2, -0.15) is 0 Å². The van der Waals surface area contributed by atoms with E-state index in [0.29, 0.717) is 18.0 Å². The number of carbonyl (C=O) groups excluding carboxylic acids is 1. The molecule has 0 spiro atoms. The number of hydrogen-bond acceptors (Lipinski definition) is 3. The van der Waals surface area contributed by atoms with Gasteiger partial charge in [-0.15, -0.1) is 12.4 Å². The van der Waals surface area contributed by atoms with Gasteiger partial charge in [-0.25, -0.2) is 0 Å². The second-order valence-corrected chi connectivity index (χ2v) is 6.64. The van der Waals surface area contributed by atoms with Crippen LogP contribution in [0.2, 0.25) is 0 Å². The summed E-state index contributed by atoms with van der Waals surface area (Å²) in [4.78, 5) is 15.0. The number of amides is 1. The standard InChI is InChI=1S/C15H27N3O.ClH/c1-11-5-7-16-13(10-11)15(19)17-12-6-9-18-8-3-2-4-14(12)18;/h11-14,16H,2-10H2,1H3,(H,17,19);1H. The van der Waals surface area contributed by atoms with Gasteiger partial charge in [-0.1, -0.05) is 13.3 Å². The Morgan fingerprint density at radius 3 is 2.85 bits per heavy atom. The number of fused-ring (bicyclic) bond motifs is 1. The molecule has 0 aromatic rings. The fourth-order valence-corrected chi connectivity index (χ4v) is 4.01. The first-order chi connectivity index (χ1) is 9.24. The minimum absolute atomic E-state index is 0. The molecule has 116 valence electrons. The topological polar surface area (TPSA) is 44.4 Å². The molecule has 0 aliphatic carbocycles. The second-order valence-electron chi connectivity index (χ2n) is 6.64. The van der Waals surface area contributed by atoms with Gasteiger partial charge in [0.2, 0.25) is 5.91 Å². The molecule has 4 nitrogen and oxygen atoms in total. The van der Waals surface area contributed by atoms with Gasteiger partial charge in [0.1, 0.15) is 0 Å². The maximum atomic E-state index is 12.4. The predicted octanol–water partition coefficient (Wildman–Crippen LogP) is 1.54. The van der Waals surface area contributed by atoms with Gasteiger partial charge in [0.25, 0.3) is 0 Å². The van der Waals surface area contributed by atoms with E-state index in [1.54, 1.807) is 0 Å². The molecule has 0 bridgehead atoms. The van der Waals surface area contributed by atoms with E-state index in [2.05, 4.69) is 22.5 Å². The summed E-state index contributed by atoms with van der Waals surface area (Å²) in [6, 6.07) is 1.05. The third kappa shape index (κ3) is 3.46. The summed E-state index contributed by atoms with van der Waals surface area (Å²) < 4.78 is 0. The van der Waals surface area contributed by atoms with E-state index in [1.807, 2.05) is 0 Å². The van der Waals surface area contributed by atoms with Gasteiger partial charge in [0.05, 0.1) is 6.04 Å². The van der Waals surface area contributed by atoms with E-state index in [4.69, 9.17) is 0 Å². The van der Waals surface area contributed by atoms with Crippen molar-refractivity contribution < 1.29 is 4.79 Å². The molecule has 5 heteroatoms. The normalized spacial score (nSPS) is 37.9. The highest BCUT2D eigenvalue weighted by molar-refractivity contribution is 5.85. The Morgan fingerprint density at radius 2 is 2.05 bits per heavy atom. The largest absolute Gasteiger partial charge is 0.350 e. The molecular weight excluding hydrogens is 274 g/mol. The summed E-state index contributed by atoms with van der Waals surface area (Å²) in [6.07, 6.45) is 7.25. The Morgan fingerprint density at radius 1 is 1.20 bits per heavy atom. The third-order valence-electron chi connectivity index (χ3n) is 5.17. The van der Waals surface area contributed by atoms with Crippen LogP contribution in [0.5, 0.6) is 0 Å². The van der Waals surface area contributed by atoms with E-state index in [1.165, 1.54) is 38.8 Å². The van der Waals surface area contributed by atoms with Crippen molar-refractivity contribution in [1.29, 1.82) is 0 Å². The molecule has 0 saturated carbocycles. The minimum atomic E-state index is 0. The summed E-state index contributed by atoms with van der Waals surface area (Å²) in [6.45, 7) is 5.64. The van der Waals surface area contributed by atoms with Crippen LogP contribution in [-0.4, -0.2) is 48.6 Å². The Kier molecular flexibility index (Phi) is 5.70. The molecule has 3 saturated heterocycles. The summed E-state index contributed by atoms with van der Waals surface area (Å²) in [5.74, 6) is 0.913. The molecule has 3 heterocycles. The molecule has 3 aliphatic rings. The SMILES string of the molecule is CC1CCNC(C(=O)NC2CCN3CCCCC23)C1.Cl. The number of rotatable bonds is 2. The van der Waals surface area contributed by atoms with Gasteiger partial charge in [0, 0.05) is 18.6 Å². The van der Waals surface area contributed by atoms with E-state index in [-0.39, 0.29) is 24.4 Å². The maximum Gasteiger partial charge on any atom is 0.237 e. The van der Waals surface area contributed by atoms with Gasteiger partial charge >= 0.3 is 0 Å². The minimum Gasteiger partial charge on any atom is -0.350 e. The van der Waals surface area contributed by atoms with Crippen LogP contribution in [0.15, 0.2) is 0 Å². The lowest BCUT2D eigenvalue weighted by atomic mass is 9.93. The molecule has 1 amide bonds. The Balaban J connectivity index is 0.00000147. The van der Waals surface area contributed by atoms with Crippen molar-refractivity contribution >= 4 is 18.3 Å². The quantitative estimate of drug-likeness (QED) is 0.813. The van der Waals surface area contributed by atoms with Crippen LogP contribution in [0.1, 0.15) is 45.4 Å². The van der Waals surface area contributed by atoms with Crippen LogP contribution in [0.3, 0.4) is 0 Å². The summed E-state index contributed by atoms with van der Waals surface area (Å²) in [5.41, 5.74) is 0. The molecule has 3 rings (SSSR count). The molecule has 3 aliphatic heterocycles. The Bertz CT molecular complexity index is 339. The average molecular weight is 302 g/mol. The van der Waals surface area contributed by atoms with Gasteiger partial charge in [0.15, 0.2) is 0 Å². The highest BCUT2D eigenvalue weighted by Gasteiger charge is 2.37. The second kappa shape index (κ2) is 7.10. The number of piperidine rings is 2. The third-order valence-corrected chi connectivity index (χ3v) is 5.17. The lowest BCUT2D eigenvalue weighted by Crippen LogP contribution is -2.54. The molecule has 0 aromatic heterocycles. The van der Waals surface area contributed by atoms with E-state index in [0.717, 1.165) is 19.4 Å². The lowest BCUT2D eigenvalue weighted by Gasteiger charge is -2.34. The molecule has 3 fully saturated rings. The van der Waals surface area contributed by atoms with Crippen molar-refractivity contribution in [2.75, 3.05) is 19.6 Å². The van der Waals surface area contributed by atoms with Crippen LogP contribution in [-0.2, 0) is 4.79 Å². The zero-order valence-corrected chi connectivity index (χ0v) is 13.3. The number of carbonyl (C=O) groups is 1. The zero-order chi connectivity index (χ0) is 13.2. The molecule has 0 aromatic carbocycles. The molecule has 4 atom stereocenters. The number of nitrogens with one attached hydrogen (secondary N) is 2. The van der Waals surface area contributed by atoms with Gasteiger partial charge < -0.3 is 10.6 Å². The van der Waals surface area contributed by atoms with Gasteiger partial charge in [-0.3, -0.25) is 9.69 Å². The smallest absolute Gasteiger partial charge is 0.237 e. The van der Waals surface area contributed by atoms with Crippen molar-refractivity contribution in [2.45, 2.75) is 63.6 Å². The first-order valence-electron chi connectivity index (χ1n) is 8.02. The van der Waals surface area contributed by atoms with Crippen LogP contribution >= 0.6 is 12.4 Å². The van der Waals surface area contributed by atoms with Crippen molar-refractivity contribution in [3.8, 4) is 0 Å². The van der Waals surface area contributed by atoms with Crippen LogP contribution in [0, 0.1) is 5.92 Å². The van der Waals surface area contributed by atoms with Crippen LogP contribution < -0.4 is 10.6 Å². The fraction of sp³-hybridized carbons (Fsp3) is 0.933. The molecular formula is C15H28ClN3O. The maximum absolute atomic E-state index is 12.4. The molecule has 0 radical (unpaired) electrons. The highest BCUT2D eigenvalue weighted by Crippen LogP contribution is 2.27. The summed E-state index contributed by atoms with van der Waals surface area (Å²) in [5, 5.41) is 6.69. The fourth-order valence-electron chi connectivity index (χ4n) is 4.01. The van der Waals surface area contributed by atoms with Crippen molar-refractivity contribution in [3.63, 3.8) is 0 Å². The number of hydrogen-bond donors (Lipinski definition) is 2.